The number of nitrogens with zero attached hydrogens (tertiary/aromatic N) is 1. The maximum atomic E-state index is 11.7. The van der Waals surface area contributed by atoms with Crippen molar-refractivity contribution in [1.29, 1.82) is 0 Å². The Balaban J connectivity index is 0. The van der Waals surface area contributed by atoms with Crippen molar-refractivity contribution in [2.75, 3.05) is 13.2 Å². The minimum Gasteiger partial charge on any atom is -0.478 e. The summed E-state index contributed by atoms with van der Waals surface area (Å²) in [6.45, 7) is 2.79. The monoisotopic (exact) mass is 570 g/mol. The van der Waals surface area contributed by atoms with Crippen LogP contribution in [-0.2, 0) is 51.8 Å². The number of aliphatic imine (C=N–C) groups is 1. The Morgan fingerprint density at radius 3 is 2.14 bits per heavy atom. The third-order valence-corrected chi connectivity index (χ3v) is 4.55. The van der Waals surface area contributed by atoms with E-state index >= 15 is 0 Å². The molecule has 1 amide bonds. The number of carboxylic acid groups (broad SMARTS) is 1. The zero-order chi connectivity index (χ0) is 24.8. The Hall–Kier alpha value is -2.05. The van der Waals surface area contributed by atoms with Crippen LogP contribution < -0.4 is 16.8 Å². The number of carbonyl (C=O) groups is 2. The Morgan fingerprint density at radius 2 is 1.74 bits per heavy atom. The number of rotatable bonds is 10. The van der Waals surface area contributed by atoms with Gasteiger partial charge >= 0.3 is 5.97 Å². The Bertz CT molecular complexity index is 765. The number of aliphatic hydroxyl groups is 2. The van der Waals surface area contributed by atoms with E-state index in [4.69, 9.17) is 20.9 Å². The van der Waals surface area contributed by atoms with Gasteiger partial charge in [-0.3, -0.25) is 4.79 Å². The van der Waals surface area contributed by atoms with E-state index in [0.29, 0.717) is 6.42 Å². The van der Waals surface area contributed by atoms with Crippen molar-refractivity contribution in [3.63, 3.8) is 0 Å². The predicted octanol–water partition coefficient (Wildman–Crippen LogP) is 0.173. The fourth-order valence-electron chi connectivity index (χ4n) is 3.07. The molecule has 0 saturated carbocycles. The number of nitrogens with two attached hydrogens (primary N) is 2. The van der Waals surface area contributed by atoms with E-state index in [1.807, 2.05) is 43.3 Å². The van der Waals surface area contributed by atoms with Crippen LogP contribution in [0.3, 0.4) is 0 Å². The quantitative estimate of drug-likeness (QED) is 0.0986. The average molecular weight is 570 g/mol. The standard InChI is InChI=1S/C16H28N4O7.C6H6.CH3.Y/c1-3-4-5-26-13(10(23)7-21)14-12(19-8(2)22)9(20-16(17)18)6-11(27-14)15(24)25;1-2-4-6-5-3-1;;/h6,9-10,12-14,21,23H,3-5,7H2,1-2H3,(H,19,22)(H,24,25)(H4,17,18,20);1-6H;1H3;/q;;-1;/t9-,10+,12+,13+,14+;;;/m0.../s1. The van der Waals surface area contributed by atoms with Gasteiger partial charge in [0.05, 0.1) is 18.7 Å². The molecule has 0 spiro atoms. The van der Waals surface area contributed by atoms with Crippen LogP contribution in [0.1, 0.15) is 26.7 Å². The minimum absolute atomic E-state index is 0. The number of benzene rings is 1. The van der Waals surface area contributed by atoms with E-state index < -0.39 is 54.6 Å². The van der Waals surface area contributed by atoms with Crippen LogP contribution >= 0.6 is 0 Å². The number of ether oxygens (including phenoxy) is 2. The molecule has 1 heterocycles. The summed E-state index contributed by atoms with van der Waals surface area (Å²) in [7, 11) is 0. The Kier molecular flexibility index (Phi) is 19.2. The van der Waals surface area contributed by atoms with E-state index in [0.717, 1.165) is 12.5 Å². The van der Waals surface area contributed by atoms with Crippen LogP contribution in [0.2, 0.25) is 0 Å². The van der Waals surface area contributed by atoms with Crippen LogP contribution in [0.25, 0.3) is 0 Å². The molecule has 1 radical (unpaired) electrons. The van der Waals surface area contributed by atoms with Gasteiger partial charge in [0.15, 0.2) is 12.1 Å². The summed E-state index contributed by atoms with van der Waals surface area (Å²) in [5.41, 5.74) is 10.8. The van der Waals surface area contributed by atoms with Crippen LogP contribution in [0.5, 0.6) is 0 Å². The average Bonchev–Trinajstić information content (AvgIpc) is 2.78. The number of amides is 1. The van der Waals surface area contributed by atoms with E-state index in [1.165, 1.54) is 6.92 Å². The third-order valence-electron chi connectivity index (χ3n) is 4.55. The van der Waals surface area contributed by atoms with Crippen molar-refractivity contribution in [2.24, 2.45) is 16.5 Å². The summed E-state index contributed by atoms with van der Waals surface area (Å²) in [4.78, 5) is 27.1. The smallest absolute Gasteiger partial charge is 0.370 e. The van der Waals surface area contributed by atoms with Crippen molar-refractivity contribution >= 4 is 17.8 Å². The zero-order valence-corrected chi connectivity index (χ0v) is 23.2. The molecular weight excluding hydrogens is 533 g/mol. The van der Waals surface area contributed by atoms with Gasteiger partial charge in [0.25, 0.3) is 0 Å². The van der Waals surface area contributed by atoms with Crippen molar-refractivity contribution in [3.05, 3.63) is 55.7 Å². The molecule has 8 N–H and O–H groups in total. The number of hydrogen-bond donors (Lipinski definition) is 6. The second-order valence-electron chi connectivity index (χ2n) is 7.28. The fourth-order valence-corrected chi connectivity index (χ4v) is 3.07. The number of unbranched alkanes of at least 4 members (excludes halogenated alkanes) is 1. The second-order valence-corrected chi connectivity index (χ2v) is 7.28. The molecule has 1 aromatic carbocycles. The van der Waals surface area contributed by atoms with Crippen LogP contribution in [0.4, 0.5) is 0 Å². The van der Waals surface area contributed by atoms with E-state index in [-0.39, 0.29) is 52.7 Å². The van der Waals surface area contributed by atoms with E-state index in [1.54, 1.807) is 0 Å². The number of carbonyl (C=O) groups excluding carboxylic acids is 1. The summed E-state index contributed by atoms with van der Waals surface area (Å²) in [6, 6.07) is 10.1. The number of aliphatic carboxylic acids is 1. The number of guanidine groups is 1. The Labute approximate surface area is 231 Å². The first-order valence-corrected chi connectivity index (χ1v) is 10.6. The normalized spacial score (nSPS) is 20.0. The SMILES string of the molecule is CCCCO[C@@H]([C@@H]1OC(C(=O)O)=C[C@H](N=C(N)N)[C@H]1NC(C)=O)[C@H](O)CO.[CH3-].[Y].c1ccccc1. The van der Waals surface area contributed by atoms with E-state index in [2.05, 4.69) is 10.3 Å². The summed E-state index contributed by atoms with van der Waals surface area (Å²) < 4.78 is 11.1. The molecule has 0 fully saturated rings. The van der Waals surface area contributed by atoms with Gasteiger partial charge in [0, 0.05) is 46.2 Å². The molecule has 0 aromatic heterocycles. The molecule has 1 aromatic rings. The van der Waals surface area contributed by atoms with Crippen molar-refractivity contribution < 1.29 is 67.1 Å². The molecule has 0 saturated heterocycles. The first kappa shape index (κ1) is 35.1. The minimum atomic E-state index is -1.38. The molecule has 11 nitrogen and oxygen atoms in total. The number of aliphatic hydroxyl groups excluding tert-OH is 2. The molecule has 12 heteroatoms. The van der Waals surface area contributed by atoms with Gasteiger partial charge in [0.1, 0.15) is 12.2 Å². The Morgan fingerprint density at radius 1 is 1.20 bits per heavy atom. The maximum Gasteiger partial charge on any atom is 0.370 e. The van der Waals surface area contributed by atoms with Gasteiger partial charge in [-0.1, -0.05) is 49.7 Å². The summed E-state index contributed by atoms with van der Waals surface area (Å²) >= 11 is 0. The third kappa shape index (κ3) is 13.0. The van der Waals surface area contributed by atoms with Crippen LogP contribution in [0, 0.1) is 7.43 Å². The molecule has 195 valence electrons. The molecule has 0 bridgehead atoms. The molecule has 0 aliphatic carbocycles. The fraction of sp³-hybridized carbons (Fsp3) is 0.478. The summed E-state index contributed by atoms with van der Waals surface area (Å²) in [5.74, 6) is -2.58. The molecule has 5 atom stereocenters. The van der Waals surface area contributed by atoms with Gasteiger partial charge in [-0.15, -0.1) is 0 Å². The van der Waals surface area contributed by atoms with Crippen molar-refractivity contribution in [1.82, 2.24) is 5.32 Å². The van der Waals surface area contributed by atoms with Gasteiger partial charge < -0.3 is 49.0 Å². The molecule has 1 aliphatic heterocycles. The van der Waals surface area contributed by atoms with Gasteiger partial charge in [-0.05, 0) is 12.5 Å². The molecule has 1 aliphatic rings. The first-order valence-electron chi connectivity index (χ1n) is 10.6. The van der Waals surface area contributed by atoms with Crippen LogP contribution in [0.15, 0.2) is 53.2 Å². The van der Waals surface area contributed by atoms with Gasteiger partial charge in [0.2, 0.25) is 11.7 Å². The number of nitrogens with one attached hydrogen (secondary N) is 1. The molecular formula is C23H37N4O7Y-. The van der Waals surface area contributed by atoms with Crippen molar-refractivity contribution in [2.45, 2.75) is 57.1 Å². The number of carboxylic acids is 1. The molecule has 0 unspecified atom stereocenters. The number of hydrogen-bond acceptors (Lipinski definition) is 7. The maximum absolute atomic E-state index is 11.7. The molecule has 35 heavy (non-hydrogen) atoms. The zero-order valence-electron chi connectivity index (χ0n) is 20.4. The first-order chi connectivity index (χ1) is 15.7. The summed E-state index contributed by atoms with van der Waals surface area (Å²) in [6.07, 6.45) is -1.01. The van der Waals surface area contributed by atoms with Gasteiger partial charge in [-0.2, -0.15) is 0 Å². The largest absolute Gasteiger partial charge is 0.478 e. The second kappa shape index (κ2) is 19.2. The predicted molar refractivity (Wildman–Crippen MR) is 128 cm³/mol. The van der Waals surface area contributed by atoms with Gasteiger partial charge in [-0.25, -0.2) is 9.79 Å². The topological polar surface area (TPSA) is 190 Å². The van der Waals surface area contributed by atoms with Crippen LogP contribution in [-0.4, -0.2) is 76.8 Å². The van der Waals surface area contributed by atoms with E-state index in [9.17, 15) is 24.9 Å². The summed E-state index contributed by atoms with van der Waals surface area (Å²) in [5, 5.41) is 31.5. The van der Waals surface area contributed by atoms with Crippen molar-refractivity contribution in [3.8, 4) is 0 Å². The molecule has 2 rings (SSSR count).